The molecular weight excluding hydrogens is 431 g/mol. The highest BCUT2D eigenvalue weighted by atomic mass is 32.2. The molecule has 0 aromatic heterocycles. The van der Waals surface area contributed by atoms with E-state index in [0.717, 1.165) is 5.41 Å². The maximum Gasteiger partial charge on any atom is 0.257 e. The lowest BCUT2D eigenvalue weighted by Crippen LogP contribution is -2.49. The van der Waals surface area contributed by atoms with Crippen LogP contribution in [0.25, 0.3) is 6.08 Å². The second-order valence-corrected chi connectivity index (χ2v) is 9.24. The number of halogens is 1. The van der Waals surface area contributed by atoms with E-state index in [9.17, 15) is 22.4 Å². The van der Waals surface area contributed by atoms with Gasteiger partial charge in [-0.2, -0.15) is 0 Å². The first kappa shape index (κ1) is 23.4. The zero-order valence-electron chi connectivity index (χ0n) is 17.7. The molecule has 2 aromatic carbocycles. The molecule has 0 saturated heterocycles. The molecule has 0 spiro atoms. The van der Waals surface area contributed by atoms with Crippen molar-refractivity contribution in [3.05, 3.63) is 83.5 Å². The third-order valence-electron chi connectivity index (χ3n) is 5.31. The van der Waals surface area contributed by atoms with E-state index in [4.69, 9.17) is 0 Å². The second kappa shape index (κ2) is 9.91. The number of aryl methyl sites for hydroxylation is 1. The molecule has 0 bridgehead atoms. The number of benzene rings is 2. The Morgan fingerprint density at radius 1 is 1.25 bits per heavy atom. The van der Waals surface area contributed by atoms with Crippen LogP contribution in [0.2, 0.25) is 0 Å². The molecule has 8 heteroatoms. The average Bonchev–Trinajstić information content (AvgIpc) is 2.76. The number of sulfonamides is 1. The van der Waals surface area contributed by atoms with Crippen LogP contribution in [-0.4, -0.2) is 26.3 Å². The number of rotatable bonds is 7. The van der Waals surface area contributed by atoms with Gasteiger partial charge >= 0.3 is 0 Å². The number of carbonyl (C=O) groups excluding carboxylic acids is 2. The average molecular weight is 457 g/mol. The van der Waals surface area contributed by atoms with Crippen molar-refractivity contribution in [1.29, 1.82) is 0 Å². The Morgan fingerprint density at radius 2 is 1.97 bits per heavy atom. The van der Waals surface area contributed by atoms with Crippen LogP contribution in [0.1, 0.15) is 30.9 Å². The molecule has 2 aromatic rings. The highest BCUT2D eigenvalue weighted by molar-refractivity contribution is 7.93. The number of allylic oxidation sites excluding steroid dienone is 1. The second-order valence-electron chi connectivity index (χ2n) is 7.67. The number of amides is 2. The summed E-state index contributed by atoms with van der Waals surface area (Å²) in [5.41, 5.74) is 1.85. The van der Waals surface area contributed by atoms with Crippen molar-refractivity contribution in [3.8, 4) is 0 Å². The van der Waals surface area contributed by atoms with E-state index in [2.05, 4.69) is 6.58 Å². The summed E-state index contributed by atoms with van der Waals surface area (Å²) < 4.78 is 40.4. The quantitative estimate of drug-likeness (QED) is 0.507. The summed E-state index contributed by atoms with van der Waals surface area (Å²) >= 11 is 0. The predicted octanol–water partition coefficient (Wildman–Crippen LogP) is 3.80. The third-order valence-corrected chi connectivity index (χ3v) is 6.29. The fourth-order valence-corrected chi connectivity index (χ4v) is 4.52. The molecule has 32 heavy (non-hydrogen) atoms. The van der Waals surface area contributed by atoms with Crippen LogP contribution in [0.15, 0.2) is 66.6 Å². The Labute approximate surface area is 187 Å². The number of fused-ring (bicyclic) bond motifs is 1. The molecule has 2 amide bonds. The van der Waals surface area contributed by atoms with Crippen molar-refractivity contribution in [1.82, 2.24) is 4.72 Å². The van der Waals surface area contributed by atoms with Crippen molar-refractivity contribution < 1.29 is 22.4 Å². The van der Waals surface area contributed by atoms with Crippen molar-refractivity contribution in [2.45, 2.75) is 32.2 Å². The molecule has 1 aliphatic heterocycles. The van der Waals surface area contributed by atoms with Crippen molar-refractivity contribution in [3.63, 3.8) is 0 Å². The lowest BCUT2D eigenvalue weighted by molar-refractivity contribution is -0.132. The van der Waals surface area contributed by atoms with Gasteiger partial charge in [0.05, 0.1) is 5.41 Å². The molecule has 0 radical (unpaired) electrons. The maximum atomic E-state index is 13.7. The largest absolute Gasteiger partial charge is 0.309 e. The Morgan fingerprint density at radius 3 is 2.66 bits per heavy atom. The van der Waals surface area contributed by atoms with E-state index in [0.29, 0.717) is 29.7 Å². The molecule has 0 fully saturated rings. The predicted molar refractivity (Wildman–Crippen MR) is 123 cm³/mol. The van der Waals surface area contributed by atoms with Gasteiger partial charge in [-0.3, -0.25) is 9.59 Å². The molecule has 2 unspecified atom stereocenters. The third kappa shape index (κ3) is 5.50. The molecule has 1 heterocycles. The van der Waals surface area contributed by atoms with E-state index in [1.54, 1.807) is 30.3 Å². The highest BCUT2D eigenvalue weighted by Crippen LogP contribution is 2.33. The van der Waals surface area contributed by atoms with Gasteiger partial charge < -0.3 is 4.90 Å². The normalized spacial score (nSPS) is 16.9. The van der Waals surface area contributed by atoms with Gasteiger partial charge in [0, 0.05) is 11.7 Å². The molecule has 168 valence electrons. The van der Waals surface area contributed by atoms with E-state index >= 15 is 0 Å². The van der Waals surface area contributed by atoms with Crippen LogP contribution in [0.3, 0.4) is 0 Å². The smallest absolute Gasteiger partial charge is 0.257 e. The Kier molecular flexibility index (Phi) is 7.25. The summed E-state index contributed by atoms with van der Waals surface area (Å²) in [5, 5.41) is 0.886. The van der Waals surface area contributed by atoms with E-state index in [1.165, 1.54) is 35.3 Å². The first-order valence-corrected chi connectivity index (χ1v) is 11.8. The molecule has 2 atom stereocenters. The zero-order chi connectivity index (χ0) is 23.3. The molecule has 0 saturated carbocycles. The van der Waals surface area contributed by atoms with Gasteiger partial charge in [0.25, 0.3) is 10.0 Å². The lowest BCUT2D eigenvalue weighted by Gasteiger charge is -2.37. The van der Waals surface area contributed by atoms with Gasteiger partial charge in [-0.1, -0.05) is 36.4 Å². The van der Waals surface area contributed by atoms with E-state index in [-0.39, 0.29) is 12.5 Å². The fourth-order valence-electron chi connectivity index (χ4n) is 3.69. The molecule has 0 aliphatic carbocycles. The number of anilines is 1. The van der Waals surface area contributed by atoms with Crippen molar-refractivity contribution in [2.75, 3.05) is 4.90 Å². The van der Waals surface area contributed by atoms with Crippen LogP contribution in [0, 0.1) is 11.7 Å². The van der Waals surface area contributed by atoms with E-state index < -0.39 is 33.6 Å². The van der Waals surface area contributed by atoms with Gasteiger partial charge in [-0.15, -0.1) is 6.58 Å². The monoisotopic (exact) mass is 456 g/mol. The Hall–Kier alpha value is -3.26. The summed E-state index contributed by atoms with van der Waals surface area (Å²) in [5.74, 6) is -3.17. The summed E-state index contributed by atoms with van der Waals surface area (Å²) in [4.78, 5) is 27.7. The topological polar surface area (TPSA) is 83.5 Å². The summed E-state index contributed by atoms with van der Waals surface area (Å²) in [6.45, 7) is 5.43. The first-order chi connectivity index (χ1) is 15.2. The first-order valence-electron chi connectivity index (χ1n) is 10.2. The lowest BCUT2D eigenvalue weighted by atomic mass is 9.93. The number of hydrogen-bond acceptors (Lipinski definition) is 4. The minimum absolute atomic E-state index is 0.0394. The number of nitrogens with one attached hydrogen (secondary N) is 1. The number of hydrogen-bond donors (Lipinski definition) is 1. The zero-order valence-corrected chi connectivity index (χ0v) is 18.5. The van der Waals surface area contributed by atoms with E-state index in [1.807, 2.05) is 11.6 Å². The van der Waals surface area contributed by atoms with Crippen LogP contribution >= 0.6 is 0 Å². The summed E-state index contributed by atoms with van der Waals surface area (Å²) in [6, 6.07) is 12.7. The van der Waals surface area contributed by atoms with Gasteiger partial charge in [0.2, 0.25) is 11.8 Å². The molecule has 3 rings (SSSR count). The molecule has 6 nitrogen and oxygen atoms in total. The van der Waals surface area contributed by atoms with Gasteiger partial charge in [0.1, 0.15) is 11.7 Å². The van der Waals surface area contributed by atoms with Crippen molar-refractivity contribution in [2.24, 2.45) is 5.92 Å². The standard InChI is InChI=1S/C24H25FN2O4S/c1-3-7-21(23(28)26-32(30,31)15-14-18-8-5-4-6-9-18)24(29)27-17(2)10-11-19-16-20(25)12-13-22(19)27/h3-6,8-9,12-17,21H,1,7,10-11H2,2H3,(H,26,28)/b15-14+. The van der Waals surface area contributed by atoms with Crippen LogP contribution in [-0.2, 0) is 26.0 Å². The maximum absolute atomic E-state index is 13.7. The minimum Gasteiger partial charge on any atom is -0.309 e. The van der Waals surface area contributed by atoms with Crippen LogP contribution in [0.5, 0.6) is 0 Å². The number of carbonyl (C=O) groups is 2. The van der Waals surface area contributed by atoms with Gasteiger partial charge in [-0.25, -0.2) is 17.5 Å². The van der Waals surface area contributed by atoms with Crippen LogP contribution in [0.4, 0.5) is 10.1 Å². The fraction of sp³-hybridized carbons (Fsp3) is 0.250. The molecule has 1 N–H and O–H groups in total. The van der Waals surface area contributed by atoms with Crippen molar-refractivity contribution >= 4 is 33.6 Å². The summed E-state index contributed by atoms with van der Waals surface area (Å²) in [7, 11) is -4.12. The minimum atomic E-state index is -4.12. The highest BCUT2D eigenvalue weighted by Gasteiger charge is 2.36. The van der Waals surface area contributed by atoms with Crippen LogP contribution < -0.4 is 9.62 Å². The SMILES string of the molecule is C=CCC(C(=O)NS(=O)(=O)/C=C/c1ccccc1)C(=O)N1c2ccc(F)cc2CCC1C. The molecule has 1 aliphatic rings. The van der Waals surface area contributed by atoms with Gasteiger partial charge in [0.15, 0.2) is 0 Å². The Balaban J connectivity index is 1.83. The Bertz CT molecular complexity index is 1150. The number of nitrogens with zero attached hydrogens (tertiary/aromatic N) is 1. The summed E-state index contributed by atoms with van der Waals surface area (Å²) in [6.07, 6.45) is 3.92. The molecular formula is C24H25FN2O4S. The van der Waals surface area contributed by atoms with Gasteiger partial charge in [-0.05, 0) is 61.6 Å².